The van der Waals surface area contributed by atoms with Gasteiger partial charge in [0.05, 0.1) is 23.6 Å². The van der Waals surface area contributed by atoms with Crippen LogP contribution in [0.1, 0.15) is 5.56 Å². The maximum atomic E-state index is 14.2. The van der Waals surface area contributed by atoms with E-state index in [1.54, 1.807) is 30.3 Å². The van der Waals surface area contributed by atoms with Crippen LogP contribution in [0.4, 0.5) is 17.1 Å². The first kappa shape index (κ1) is 22.8. The highest BCUT2D eigenvalue weighted by Crippen LogP contribution is 2.50. The van der Waals surface area contributed by atoms with Crippen molar-refractivity contribution < 1.29 is 14.4 Å². The average Bonchev–Trinajstić information content (AvgIpc) is 3.42. The molecule has 3 heterocycles. The molecule has 7 rings (SSSR count). The zero-order valence-electron chi connectivity index (χ0n) is 20.1. The Morgan fingerprint density at radius 3 is 2.29 bits per heavy atom. The summed E-state index contributed by atoms with van der Waals surface area (Å²) >= 11 is 6.03. The quantitative estimate of drug-likeness (QED) is 0.362. The van der Waals surface area contributed by atoms with E-state index in [0.717, 1.165) is 22.0 Å². The highest BCUT2D eigenvalue weighted by atomic mass is 35.5. The van der Waals surface area contributed by atoms with Gasteiger partial charge in [-0.25, -0.2) is 4.90 Å². The Morgan fingerprint density at radius 1 is 0.763 bits per heavy atom. The fourth-order valence-corrected chi connectivity index (χ4v) is 6.33. The second kappa shape index (κ2) is 8.57. The van der Waals surface area contributed by atoms with E-state index >= 15 is 0 Å². The van der Waals surface area contributed by atoms with E-state index in [0.29, 0.717) is 16.4 Å². The number of anilines is 3. The molecule has 0 unspecified atom stereocenters. The minimum Gasteiger partial charge on any atom is -0.351 e. The number of fused-ring (bicyclic) bond motifs is 6. The van der Waals surface area contributed by atoms with Gasteiger partial charge in [0, 0.05) is 21.8 Å². The van der Waals surface area contributed by atoms with Crippen LogP contribution in [0.2, 0.25) is 5.02 Å². The fourth-order valence-electron chi connectivity index (χ4n) is 6.20. The summed E-state index contributed by atoms with van der Waals surface area (Å²) < 4.78 is 0. The molecule has 2 fully saturated rings. The number of halogens is 1. The summed E-state index contributed by atoms with van der Waals surface area (Å²) in [6.07, 6.45) is 3.93. The van der Waals surface area contributed by atoms with Crippen molar-refractivity contribution in [1.29, 1.82) is 0 Å². The molecule has 3 aliphatic heterocycles. The molecule has 0 radical (unpaired) electrons. The number of benzene rings is 4. The maximum Gasteiger partial charge on any atom is 0.247 e. The molecule has 0 aromatic heterocycles. The molecular formula is C31H22ClN3O3. The Kier molecular flexibility index (Phi) is 5.13. The molecule has 186 valence electrons. The third-order valence-electron chi connectivity index (χ3n) is 7.80. The zero-order valence-corrected chi connectivity index (χ0v) is 20.9. The van der Waals surface area contributed by atoms with Crippen molar-refractivity contribution in [2.75, 3.05) is 15.1 Å². The molecule has 6 nitrogen and oxygen atoms in total. The van der Waals surface area contributed by atoms with Gasteiger partial charge in [0.2, 0.25) is 17.7 Å². The van der Waals surface area contributed by atoms with Gasteiger partial charge in [0.1, 0.15) is 6.04 Å². The average molecular weight is 520 g/mol. The van der Waals surface area contributed by atoms with Crippen LogP contribution in [0.3, 0.4) is 0 Å². The van der Waals surface area contributed by atoms with Gasteiger partial charge in [0.25, 0.3) is 0 Å². The molecule has 0 aliphatic carbocycles. The van der Waals surface area contributed by atoms with Gasteiger partial charge in [0.15, 0.2) is 0 Å². The molecule has 4 aromatic rings. The Bertz CT molecular complexity index is 1660. The van der Waals surface area contributed by atoms with E-state index < -0.39 is 23.9 Å². The molecule has 4 atom stereocenters. The van der Waals surface area contributed by atoms with Gasteiger partial charge in [-0.2, -0.15) is 0 Å². The van der Waals surface area contributed by atoms with Crippen LogP contribution in [-0.2, 0) is 14.4 Å². The smallest absolute Gasteiger partial charge is 0.247 e. The number of hydrogen-bond donors (Lipinski definition) is 1. The van der Waals surface area contributed by atoms with E-state index in [-0.39, 0.29) is 17.7 Å². The molecule has 2 saturated heterocycles. The van der Waals surface area contributed by atoms with Gasteiger partial charge in [-0.3, -0.25) is 14.4 Å². The minimum absolute atomic E-state index is 0.280. The van der Waals surface area contributed by atoms with Crippen molar-refractivity contribution in [3.63, 3.8) is 0 Å². The third kappa shape index (κ3) is 3.30. The van der Waals surface area contributed by atoms with Crippen LogP contribution >= 0.6 is 11.6 Å². The van der Waals surface area contributed by atoms with E-state index in [4.69, 9.17) is 11.6 Å². The van der Waals surface area contributed by atoms with Crippen molar-refractivity contribution >= 4 is 63.2 Å². The highest BCUT2D eigenvalue weighted by molar-refractivity contribution is 6.30. The van der Waals surface area contributed by atoms with Gasteiger partial charge >= 0.3 is 0 Å². The van der Waals surface area contributed by atoms with Gasteiger partial charge in [-0.05, 0) is 47.3 Å². The van der Waals surface area contributed by atoms with E-state index in [1.807, 2.05) is 77.7 Å². The van der Waals surface area contributed by atoms with E-state index in [9.17, 15) is 14.4 Å². The van der Waals surface area contributed by atoms with Crippen LogP contribution in [0.25, 0.3) is 16.8 Å². The first-order valence-electron chi connectivity index (χ1n) is 12.5. The Balaban J connectivity index is 1.34. The van der Waals surface area contributed by atoms with Gasteiger partial charge in [-0.1, -0.05) is 78.4 Å². The number of amides is 3. The minimum atomic E-state index is -0.872. The number of imide groups is 1. The fraction of sp³-hybridized carbons (Fsp3) is 0.129. The molecule has 3 amide bonds. The van der Waals surface area contributed by atoms with Crippen LogP contribution < -0.4 is 15.1 Å². The SMILES string of the molecule is O=C(Nc1ccc(Cl)cc1)[C@@H]1[C@@H]2C(=O)N(c3cccc4ccccc34)C(=O)[C@H]2[C@H]2C=Cc3ccccc3N21. The third-order valence-corrected chi connectivity index (χ3v) is 8.05. The van der Waals surface area contributed by atoms with Crippen molar-refractivity contribution in [2.45, 2.75) is 12.1 Å². The van der Waals surface area contributed by atoms with Crippen LogP contribution in [-0.4, -0.2) is 29.8 Å². The van der Waals surface area contributed by atoms with Crippen LogP contribution in [0.5, 0.6) is 0 Å². The highest BCUT2D eigenvalue weighted by Gasteiger charge is 2.64. The summed E-state index contributed by atoms with van der Waals surface area (Å²) in [4.78, 5) is 45.4. The number of nitrogens with zero attached hydrogens (tertiary/aromatic N) is 2. The first-order valence-corrected chi connectivity index (χ1v) is 12.9. The summed E-state index contributed by atoms with van der Waals surface area (Å²) in [7, 11) is 0. The maximum absolute atomic E-state index is 14.2. The van der Waals surface area contributed by atoms with Crippen molar-refractivity contribution in [2.24, 2.45) is 11.8 Å². The number of carbonyl (C=O) groups excluding carboxylic acids is 3. The molecule has 0 spiro atoms. The lowest BCUT2D eigenvalue weighted by molar-refractivity contribution is -0.126. The largest absolute Gasteiger partial charge is 0.351 e. The molecule has 0 saturated carbocycles. The summed E-state index contributed by atoms with van der Waals surface area (Å²) in [5, 5.41) is 5.28. The summed E-state index contributed by atoms with van der Waals surface area (Å²) in [5.74, 6) is -2.50. The molecule has 1 N–H and O–H groups in total. The Morgan fingerprint density at radius 2 is 1.45 bits per heavy atom. The number of rotatable bonds is 3. The second-order valence-electron chi connectivity index (χ2n) is 9.82. The number of nitrogens with one attached hydrogen (secondary N) is 1. The first-order chi connectivity index (χ1) is 18.5. The van der Waals surface area contributed by atoms with Gasteiger partial charge in [-0.15, -0.1) is 0 Å². The molecule has 4 aromatic carbocycles. The van der Waals surface area contributed by atoms with Crippen LogP contribution in [0.15, 0.2) is 97.1 Å². The van der Waals surface area contributed by atoms with Crippen molar-refractivity contribution in [1.82, 2.24) is 0 Å². The summed E-state index contributed by atoms with van der Waals surface area (Å²) in [5.41, 5.74) is 2.90. The number of carbonyl (C=O) groups is 3. The van der Waals surface area contributed by atoms with Crippen molar-refractivity contribution in [3.8, 4) is 0 Å². The molecule has 0 bridgehead atoms. The zero-order chi connectivity index (χ0) is 26.0. The summed E-state index contributed by atoms with van der Waals surface area (Å²) in [6, 6.07) is 26.6. The van der Waals surface area contributed by atoms with Gasteiger partial charge < -0.3 is 10.2 Å². The van der Waals surface area contributed by atoms with Crippen molar-refractivity contribution in [3.05, 3.63) is 108 Å². The summed E-state index contributed by atoms with van der Waals surface area (Å²) in [6.45, 7) is 0. The Hall–Kier alpha value is -4.42. The lowest BCUT2D eigenvalue weighted by Crippen LogP contribution is -2.50. The monoisotopic (exact) mass is 519 g/mol. The number of para-hydroxylation sites is 1. The lowest BCUT2D eigenvalue weighted by atomic mass is 9.88. The predicted octanol–water partition coefficient (Wildman–Crippen LogP) is 5.52. The standard InChI is InChI=1S/C31H22ClN3O3/c32-20-13-15-21(16-14-20)33-29(36)28-27-26(25-17-12-19-7-2-4-10-23(19)34(25)28)30(37)35(31(27)38)24-11-5-8-18-6-1-3-9-22(18)24/h1-17,25-28H,(H,33,36)/t25-,26+,27-,28+/m1/s1. The predicted molar refractivity (Wildman–Crippen MR) is 149 cm³/mol. The molecule has 38 heavy (non-hydrogen) atoms. The van der Waals surface area contributed by atoms with E-state index in [2.05, 4.69) is 5.32 Å². The van der Waals surface area contributed by atoms with Crippen LogP contribution in [0, 0.1) is 11.8 Å². The molecular weight excluding hydrogens is 498 g/mol. The molecule has 7 heteroatoms. The normalized spacial score (nSPS) is 23.4. The number of hydrogen-bond acceptors (Lipinski definition) is 4. The molecule has 3 aliphatic rings. The lowest BCUT2D eigenvalue weighted by Gasteiger charge is -2.36. The topological polar surface area (TPSA) is 69.7 Å². The second-order valence-corrected chi connectivity index (χ2v) is 10.3. The van der Waals surface area contributed by atoms with E-state index in [1.165, 1.54) is 4.90 Å². The Labute approximate surface area is 224 Å².